The fraction of sp³-hybridized carbons (Fsp3) is 0.592. The molecule has 0 aliphatic carbocycles. The van der Waals surface area contributed by atoms with Crippen LogP contribution in [0.5, 0.6) is 0 Å². The summed E-state index contributed by atoms with van der Waals surface area (Å²) in [5.41, 5.74) is 2.07. The molecule has 6 saturated heterocycles. The number of carbonyl (C=O) groups excluding carboxylic acids is 3. The van der Waals surface area contributed by atoms with Crippen molar-refractivity contribution >= 4 is 177 Å². The maximum absolute atomic E-state index is 12.2. The molecule has 4 amide bonds. The minimum atomic E-state index is -0.311. The average Bonchev–Trinajstić information content (AvgIpc) is 3.84. The van der Waals surface area contributed by atoms with Gasteiger partial charge in [-0.1, -0.05) is 223 Å². The first-order valence-electron chi connectivity index (χ1n) is 23.3. The van der Waals surface area contributed by atoms with E-state index in [4.69, 9.17) is 43.4 Å². The molecule has 8 atom stereocenters. The Morgan fingerprint density at radius 3 is 1.28 bits per heavy atom. The van der Waals surface area contributed by atoms with Gasteiger partial charge in [-0.25, -0.2) is 22.7 Å². The molecule has 6 aliphatic heterocycles. The van der Waals surface area contributed by atoms with Gasteiger partial charge >= 0.3 is 54.0 Å². The number of alkyl halides is 6. The molecule has 411 valence electrons. The molecule has 8 rings (SSSR count). The van der Waals surface area contributed by atoms with Gasteiger partial charge in [-0.3, -0.25) is 38.9 Å². The number of urea groups is 2. The Labute approximate surface area is 576 Å². The molecule has 2 unspecified atom stereocenters. The van der Waals surface area contributed by atoms with Crippen LogP contribution in [0.4, 0.5) is 9.59 Å². The summed E-state index contributed by atoms with van der Waals surface area (Å²) < 4.78 is 1.93. The first-order chi connectivity index (χ1) is 35.4. The molecule has 2 N–H and O–H groups in total. The summed E-state index contributed by atoms with van der Waals surface area (Å²) in [5.74, 6) is 1.62. The molecular weight excluding hydrogens is 1800 g/mol. The van der Waals surface area contributed by atoms with Crippen molar-refractivity contribution in [3.63, 3.8) is 0 Å². The minimum absolute atomic E-state index is 0. The molecule has 2 aromatic carbocycles. The molecule has 4 bridgehead atoms. The van der Waals surface area contributed by atoms with Crippen LogP contribution in [0.25, 0.3) is 9.69 Å². The Morgan fingerprint density at radius 2 is 1.04 bits per heavy atom. The van der Waals surface area contributed by atoms with Crippen molar-refractivity contribution < 1.29 is 82.3 Å². The first kappa shape index (κ1) is 80.1. The van der Waals surface area contributed by atoms with Crippen molar-refractivity contribution in [2.45, 2.75) is 128 Å². The van der Waals surface area contributed by atoms with Gasteiger partial charge in [0.25, 0.3) is 6.47 Å². The number of halogens is 7. The SMILES string of the molecule is CCC1CC[C@@H](C#N)NC1.CCC1CC[C@@H](C#N)NC1.CI.IC(I)I.ICI.O=CO[O-].[C-]#[N+][C@@H]1CC[C@@H]2CN1C(=O)N2OCc1ccccc1.[C-]#[N+][C@@H]1CC[C@H]2CN1C(=O)N2OCc1ccccc1.[CH2-]I.[Na+].[V]. The predicted octanol–water partition coefficient (Wildman–Crippen LogP) is 9.19. The van der Waals surface area contributed by atoms with E-state index in [0.29, 0.717) is 26.3 Å². The summed E-state index contributed by atoms with van der Waals surface area (Å²) in [6, 6.07) is 24.1. The Hall–Kier alpha value is 0.904. The minimum Gasteiger partial charge on any atom is -0.662 e. The van der Waals surface area contributed by atoms with E-state index in [2.05, 4.69) is 192 Å². The van der Waals surface area contributed by atoms with Crippen LogP contribution < -0.4 is 45.4 Å². The molecule has 6 heterocycles. The number of hydroxylamine groups is 4. The standard InChI is InChI=1S/2C14H15N3O2.2C8H14N2.CHI3.CH2I2.CH3I.CH2I.CH2O3.Na.V/c2*1-15-13-8-7-12-9-16(13)14(18)17(12)19-10-11-5-3-2-4-6-11;2*1-2-7-3-4-8(5-9)10-6-7;2-1(3)4;2-1-3;2*1-2;2-1-4-3;;/h2*2-6,12-13H,7-10H2;2*7-8,10H,2-4,6H2,1H3;1H;1H2;1H3;1H2;1,3H;;/q;;;;;;;-1;;+1;/p-1/t12-,13+;12-,13-;2*7?,8-;;;;;;;/m1000......./s1. The van der Waals surface area contributed by atoms with Gasteiger partial charge in [0, 0.05) is 31.4 Å². The van der Waals surface area contributed by atoms with Crippen LogP contribution in [0, 0.1) is 52.6 Å². The molecule has 0 saturated carbocycles. The second-order valence-corrected chi connectivity index (χ2v) is 31.5. The van der Waals surface area contributed by atoms with Crippen LogP contribution in [0.1, 0.15) is 89.2 Å². The Balaban J connectivity index is -0.000000862. The Morgan fingerprint density at radius 1 is 0.720 bits per heavy atom. The first-order valence-corrected chi connectivity index (χ1v) is 33.8. The number of nitrogens with one attached hydrogen (secondary N) is 2. The molecule has 0 aromatic heterocycles. The Bertz CT molecular complexity index is 1820. The molecule has 2 aromatic rings. The summed E-state index contributed by atoms with van der Waals surface area (Å²) in [4.78, 5) is 62.3. The van der Waals surface area contributed by atoms with Gasteiger partial charge in [0.05, 0.1) is 51.8 Å². The van der Waals surface area contributed by atoms with Gasteiger partial charge in [-0.15, -0.1) is 0 Å². The van der Waals surface area contributed by atoms with E-state index in [0.717, 1.165) is 74.5 Å². The summed E-state index contributed by atoms with van der Waals surface area (Å²) in [7, 11) is 0. The van der Waals surface area contributed by atoms with E-state index in [-0.39, 0.29) is 103 Å². The van der Waals surface area contributed by atoms with Crippen LogP contribution in [-0.2, 0) is 51.1 Å². The predicted molar refractivity (Wildman–Crippen MR) is 343 cm³/mol. The average molecular weight is 1870 g/mol. The number of hydrogen-bond acceptors (Lipinski definition) is 11. The number of fused-ring (bicyclic) bond motifs is 4. The summed E-state index contributed by atoms with van der Waals surface area (Å²) >= 11 is 15.6. The van der Waals surface area contributed by atoms with Crippen molar-refractivity contribution in [3.8, 4) is 12.1 Å². The van der Waals surface area contributed by atoms with Crippen LogP contribution in [0.3, 0.4) is 0 Å². The van der Waals surface area contributed by atoms with Gasteiger partial charge in [0.15, 0.2) is 0 Å². The fourth-order valence-electron chi connectivity index (χ4n) is 8.01. The normalized spacial score (nSPS) is 22.9. The number of nitrogens with zero attached hydrogens (tertiary/aromatic N) is 8. The van der Waals surface area contributed by atoms with Gasteiger partial charge < -0.3 is 43.4 Å². The topological polar surface area (TPSA) is 195 Å². The molecule has 1 radical (unpaired) electrons. The molecular formula is C49H67I7N10NaO7V-. The van der Waals surface area contributed by atoms with Crippen molar-refractivity contribution in [2.24, 2.45) is 11.8 Å². The molecule has 0 spiro atoms. The van der Waals surface area contributed by atoms with Crippen molar-refractivity contribution in [3.05, 3.63) is 99.6 Å². The van der Waals surface area contributed by atoms with E-state index < -0.39 is 0 Å². The monoisotopic (exact) mass is 1870 g/mol. The number of piperidine rings is 4. The van der Waals surface area contributed by atoms with Crippen LogP contribution >= 0.6 is 158 Å². The number of nitriles is 2. The number of hydrogen-bond donors (Lipinski definition) is 2. The van der Waals surface area contributed by atoms with E-state index in [9.17, 15) is 9.59 Å². The second kappa shape index (κ2) is 51.8. The van der Waals surface area contributed by atoms with Gasteiger partial charge in [-0.2, -0.15) is 20.7 Å². The smallest absolute Gasteiger partial charge is 0.662 e. The molecule has 26 heteroatoms. The zero-order chi connectivity index (χ0) is 55.0. The third kappa shape index (κ3) is 33.0. The molecule has 17 nitrogen and oxygen atoms in total. The molecule has 6 aliphatic rings. The van der Waals surface area contributed by atoms with Gasteiger partial charge in [0.1, 0.15) is 13.2 Å². The molecule has 6 fully saturated rings. The summed E-state index contributed by atoms with van der Waals surface area (Å²) in [5, 5.41) is 34.8. The zero-order valence-corrected chi connectivity index (χ0v) is 61.3. The number of amides is 4. The molecule has 75 heavy (non-hydrogen) atoms. The zero-order valence-electron chi connectivity index (χ0n) is 42.8. The summed E-state index contributed by atoms with van der Waals surface area (Å²) in [6.07, 6.45) is 9.54. The quantitative estimate of drug-likeness (QED) is 0.0462. The van der Waals surface area contributed by atoms with Crippen LogP contribution in [0.2, 0.25) is 0 Å². The van der Waals surface area contributed by atoms with E-state index in [1.54, 1.807) is 9.80 Å². The van der Waals surface area contributed by atoms with E-state index in [1.165, 1.54) is 38.2 Å². The number of rotatable bonds is 9. The van der Waals surface area contributed by atoms with Gasteiger partial charge in [0.2, 0.25) is 0 Å². The third-order valence-corrected chi connectivity index (χ3v) is 11.8. The van der Waals surface area contributed by atoms with Crippen molar-refractivity contribution in [1.82, 2.24) is 30.6 Å². The fourth-order valence-corrected chi connectivity index (χ4v) is 8.01. The third-order valence-electron chi connectivity index (χ3n) is 11.8. The van der Waals surface area contributed by atoms with Crippen LogP contribution in [0.15, 0.2) is 60.7 Å². The van der Waals surface area contributed by atoms with Gasteiger partial charge in [-0.05, 0) is 79.5 Å². The maximum atomic E-state index is 12.2. The number of benzene rings is 2. The Kier molecular flexibility index (Phi) is 55.3. The largest absolute Gasteiger partial charge is 1.00 e. The van der Waals surface area contributed by atoms with E-state index >= 15 is 0 Å². The second-order valence-electron chi connectivity index (χ2n) is 16.1. The van der Waals surface area contributed by atoms with Crippen molar-refractivity contribution in [2.75, 3.05) is 33.5 Å². The maximum Gasteiger partial charge on any atom is 1.00 e. The number of carbonyl (C=O) groups is 3. The van der Waals surface area contributed by atoms with E-state index in [1.807, 2.05) is 88.2 Å². The van der Waals surface area contributed by atoms with Crippen molar-refractivity contribution in [1.29, 1.82) is 10.5 Å². The summed E-state index contributed by atoms with van der Waals surface area (Å²) in [6.45, 7) is 22.5. The van der Waals surface area contributed by atoms with Crippen LogP contribution in [-0.4, -0.2) is 108 Å².